The molecule has 16 heavy (non-hydrogen) atoms. The summed E-state index contributed by atoms with van der Waals surface area (Å²) in [4.78, 5) is 11.4. The van der Waals surface area contributed by atoms with E-state index in [1.54, 1.807) is 24.3 Å². The number of carbonyl (C=O) groups is 1. The van der Waals surface area contributed by atoms with E-state index in [9.17, 15) is 4.79 Å². The zero-order valence-corrected chi connectivity index (χ0v) is 9.37. The molecule has 0 aliphatic rings. The molecule has 0 saturated heterocycles. The molecule has 86 valence electrons. The summed E-state index contributed by atoms with van der Waals surface area (Å²) in [6, 6.07) is 6.63. The Kier molecular flexibility index (Phi) is 3.88. The highest BCUT2D eigenvalue weighted by Gasteiger charge is 2.03. The topological polar surface area (TPSA) is 91.0 Å². The minimum atomic E-state index is -0.245. The molecule has 2 amide bonds. The predicted molar refractivity (Wildman–Crippen MR) is 64.7 cm³/mol. The Hall–Kier alpha value is -2.04. The number of rotatable bonds is 3. The molecular weight excluding hydrogens is 204 g/mol. The van der Waals surface area contributed by atoms with Crippen LogP contribution in [0.5, 0.6) is 0 Å². The standard InChI is InChI=1S/C11H16N4O/c1-7(2)14-11(16)15-9-5-3-8(4-6-9)10(12)13/h3-7H,1-2H3,(H3,12,13)(H2,14,15,16). The SMILES string of the molecule is CC(C)NC(=O)Nc1ccc(C(=N)N)cc1. The second kappa shape index (κ2) is 5.16. The maximum absolute atomic E-state index is 11.4. The van der Waals surface area contributed by atoms with Gasteiger partial charge in [-0.2, -0.15) is 0 Å². The number of nitrogens with two attached hydrogens (primary N) is 1. The molecule has 0 fully saturated rings. The van der Waals surface area contributed by atoms with Crippen molar-refractivity contribution in [1.82, 2.24) is 5.32 Å². The van der Waals surface area contributed by atoms with E-state index in [0.717, 1.165) is 0 Å². The Bertz CT molecular complexity index is 383. The number of hydrogen-bond acceptors (Lipinski definition) is 2. The van der Waals surface area contributed by atoms with Crippen LogP contribution in [-0.2, 0) is 0 Å². The maximum Gasteiger partial charge on any atom is 0.319 e. The van der Waals surface area contributed by atoms with E-state index in [1.807, 2.05) is 13.8 Å². The van der Waals surface area contributed by atoms with Crippen LogP contribution in [0.1, 0.15) is 19.4 Å². The lowest BCUT2D eigenvalue weighted by Gasteiger charge is -2.10. The van der Waals surface area contributed by atoms with Crippen LogP contribution in [0.4, 0.5) is 10.5 Å². The number of amides is 2. The lowest BCUT2D eigenvalue weighted by molar-refractivity contribution is 0.250. The lowest BCUT2D eigenvalue weighted by Crippen LogP contribution is -2.34. The molecule has 5 heteroatoms. The van der Waals surface area contributed by atoms with Crippen molar-refractivity contribution in [1.29, 1.82) is 5.41 Å². The first kappa shape index (κ1) is 12.0. The van der Waals surface area contributed by atoms with Gasteiger partial charge < -0.3 is 16.4 Å². The molecule has 1 rings (SSSR count). The zero-order chi connectivity index (χ0) is 12.1. The maximum atomic E-state index is 11.4. The van der Waals surface area contributed by atoms with E-state index in [0.29, 0.717) is 11.3 Å². The highest BCUT2D eigenvalue weighted by atomic mass is 16.2. The monoisotopic (exact) mass is 220 g/mol. The summed E-state index contributed by atoms with van der Waals surface area (Å²) in [6.07, 6.45) is 0. The van der Waals surface area contributed by atoms with Gasteiger partial charge >= 0.3 is 6.03 Å². The van der Waals surface area contributed by atoms with Crippen molar-refractivity contribution in [2.75, 3.05) is 5.32 Å². The van der Waals surface area contributed by atoms with E-state index in [1.165, 1.54) is 0 Å². The molecule has 0 spiro atoms. The minimum absolute atomic E-state index is 0.0122. The van der Waals surface area contributed by atoms with Crippen molar-refractivity contribution in [3.05, 3.63) is 29.8 Å². The van der Waals surface area contributed by atoms with Gasteiger partial charge in [0.25, 0.3) is 0 Å². The van der Waals surface area contributed by atoms with Gasteiger partial charge in [-0.15, -0.1) is 0 Å². The van der Waals surface area contributed by atoms with E-state index >= 15 is 0 Å². The van der Waals surface area contributed by atoms with Crippen LogP contribution in [0.25, 0.3) is 0 Å². The Labute approximate surface area is 94.5 Å². The van der Waals surface area contributed by atoms with Crippen LogP contribution in [0.2, 0.25) is 0 Å². The van der Waals surface area contributed by atoms with Crippen molar-refractivity contribution in [3.63, 3.8) is 0 Å². The molecule has 0 aromatic heterocycles. The van der Waals surface area contributed by atoms with Gasteiger partial charge in [0.2, 0.25) is 0 Å². The molecule has 1 aromatic rings. The largest absolute Gasteiger partial charge is 0.384 e. The Morgan fingerprint density at radius 3 is 2.31 bits per heavy atom. The quantitative estimate of drug-likeness (QED) is 0.459. The predicted octanol–water partition coefficient (Wildman–Crippen LogP) is 1.50. The first-order valence-corrected chi connectivity index (χ1v) is 5.01. The number of nitrogen functional groups attached to an aromatic ring is 1. The van der Waals surface area contributed by atoms with Gasteiger partial charge in [0.15, 0.2) is 0 Å². The third-order valence-corrected chi connectivity index (χ3v) is 1.87. The molecule has 0 unspecified atom stereocenters. The fourth-order valence-corrected chi connectivity index (χ4v) is 1.16. The molecule has 0 heterocycles. The van der Waals surface area contributed by atoms with Crippen molar-refractivity contribution in [2.45, 2.75) is 19.9 Å². The third-order valence-electron chi connectivity index (χ3n) is 1.87. The molecule has 0 bridgehead atoms. The number of nitrogens with one attached hydrogen (secondary N) is 3. The van der Waals surface area contributed by atoms with Gasteiger partial charge in [-0.05, 0) is 38.1 Å². The summed E-state index contributed by atoms with van der Waals surface area (Å²) in [5, 5.41) is 12.6. The summed E-state index contributed by atoms with van der Waals surface area (Å²) in [6.45, 7) is 3.77. The van der Waals surface area contributed by atoms with Crippen molar-refractivity contribution < 1.29 is 4.79 Å². The molecule has 5 nitrogen and oxygen atoms in total. The van der Waals surface area contributed by atoms with Crippen molar-refractivity contribution >= 4 is 17.6 Å². The van der Waals surface area contributed by atoms with Crippen LogP contribution >= 0.6 is 0 Å². The Morgan fingerprint density at radius 1 is 1.31 bits per heavy atom. The number of anilines is 1. The van der Waals surface area contributed by atoms with Gasteiger partial charge in [-0.3, -0.25) is 5.41 Å². The van der Waals surface area contributed by atoms with E-state index in [4.69, 9.17) is 11.1 Å². The average Bonchev–Trinajstić information content (AvgIpc) is 2.16. The number of urea groups is 1. The number of hydrogen-bond donors (Lipinski definition) is 4. The normalized spacial score (nSPS) is 9.94. The van der Waals surface area contributed by atoms with Gasteiger partial charge in [0.05, 0.1) is 0 Å². The Balaban J connectivity index is 2.62. The molecule has 0 atom stereocenters. The molecule has 0 aliphatic heterocycles. The minimum Gasteiger partial charge on any atom is -0.384 e. The number of carbonyl (C=O) groups excluding carboxylic acids is 1. The summed E-state index contributed by atoms with van der Waals surface area (Å²) in [5.74, 6) is 0.0122. The lowest BCUT2D eigenvalue weighted by atomic mass is 10.2. The first-order valence-electron chi connectivity index (χ1n) is 5.01. The third kappa shape index (κ3) is 3.61. The van der Waals surface area contributed by atoms with Gasteiger partial charge in [0.1, 0.15) is 5.84 Å². The van der Waals surface area contributed by atoms with Crippen LogP contribution in [0, 0.1) is 5.41 Å². The molecule has 0 aliphatic carbocycles. The van der Waals surface area contributed by atoms with E-state index in [2.05, 4.69) is 10.6 Å². The van der Waals surface area contributed by atoms with E-state index < -0.39 is 0 Å². The summed E-state index contributed by atoms with van der Waals surface area (Å²) >= 11 is 0. The highest BCUT2D eigenvalue weighted by molar-refractivity contribution is 5.96. The van der Waals surface area contributed by atoms with Gasteiger partial charge in [-0.1, -0.05) is 0 Å². The molecular formula is C11H16N4O. The van der Waals surface area contributed by atoms with Crippen LogP contribution < -0.4 is 16.4 Å². The second-order valence-electron chi connectivity index (χ2n) is 3.74. The molecule has 0 saturated carbocycles. The van der Waals surface area contributed by atoms with Gasteiger partial charge in [0, 0.05) is 17.3 Å². The van der Waals surface area contributed by atoms with Crippen LogP contribution in [0.3, 0.4) is 0 Å². The fourth-order valence-electron chi connectivity index (χ4n) is 1.16. The zero-order valence-electron chi connectivity index (χ0n) is 9.37. The summed E-state index contributed by atoms with van der Waals surface area (Å²) in [5.41, 5.74) is 6.62. The molecule has 5 N–H and O–H groups in total. The van der Waals surface area contributed by atoms with Crippen LogP contribution in [-0.4, -0.2) is 17.9 Å². The average molecular weight is 220 g/mol. The molecule has 0 radical (unpaired) electrons. The fraction of sp³-hybridized carbons (Fsp3) is 0.273. The van der Waals surface area contributed by atoms with Crippen molar-refractivity contribution in [3.8, 4) is 0 Å². The Morgan fingerprint density at radius 2 is 1.88 bits per heavy atom. The summed E-state index contributed by atoms with van der Waals surface area (Å²) < 4.78 is 0. The van der Waals surface area contributed by atoms with Gasteiger partial charge in [-0.25, -0.2) is 4.79 Å². The number of amidine groups is 1. The second-order valence-corrected chi connectivity index (χ2v) is 3.74. The smallest absolute Gasteiger partial charge is 0.319 e. The van der Waals surface area contributed by atoms with Crippen molar-refractivity contribution in [2.24, 2.45) is 5.73 Å². The summed E-state index contributed by atoms with van der Waals surface area (Å²) in [7, 11) is 0. The van der Waals surface area contributed by atoms with Crippen LogP contribution in [0.15, 0.2) is 24.3 Å². The number of benzene rings is 1. The molecule has 1 aromatic carbocycles. The first-order chi connectivity index (χ1) is 7.49. The highest BCUT2D eigenvalue weighted by Crippen LogP contribution is 2.08. The van der Waals surface area contributed by atoms with E-state index in [-0.39, 0.29) is 17.9 Å².